The Morgan fingerprint density at radius 2 is 1.88 bits per heavy atom. The standard InChI is InChI=1S/C11H11N3O2/c15-10-8(7-13-11(16)14-10)6-12-9-4-2-1-3-5-9/h1-5,7,12H,6H2,(H2,13,14,15,16). The van der Waals surface area contributed by atoms with Gasteiger partial charge in [0.25, 0.3) is 5.56 Å². The summed E-state index contributed by atoms with van der Waals surface area (Å²) < 4.78 is 0. The van der Waals surface area contributed by atoms with Gasteiger partial charge in [-0.05, 0) is 12.1 Å². The van der Waals surface area contributed by atoms with Crippen LogP contribution in [-0.2, 0) is 6.54 Å². The Morgan fingerprint density at radius 3 is 2.56 bits per heavy atom. The summed E-state index contributed by atoms with van der Waals surface area (Å²) in [7, 11) is 0. The summed E-state index contributed by atoms with van der Waals surface area (Å²) in [5.41, 5.74) is 0.553. The zero-order valence-electron chi connectivity index (χ0n) is 8.49. The van der Waals surface area contributed by atoms with Crippen LogP contribution in [0.5, 0.6) is 0 Å². The second-order valence-corrected chi connectivity index (χ2v) is 3.32. The fourth-order valence-corrected chi connectivity index (χ4v) is 1.32. The second-order valence-electron chi connectivity index (χ2n) is 3.32. The first-order valence-corrected chi connectivity index (χ1v) is 4.85. The first-order valence-electron chi connectivity index (χ1n) is 4.85. The van der Waals surface area contributed by atoms with E-state index in [0.29, 0.717) is 12.1 Å². The molecular formula is C11H11N3O2. The van der Waals surface area contributed by atoms with Crippen molar-refractivity contribution in [1.29, 1.82) is 0 Å². The van der Waals surface area contributed by atoms with E-state index >= 15 is 0 Å². The Hall–Kier alpha value is -2.30. The summed E-state index contributed by atoms with van der Waals surface area (Å²) in [6.07, 6.45) is 1.41. The van der Waals surface area contributed by atoms with Crippen molar-refractivity contribution < 1.29 is 0 Å². The molecule has 0 unspecified atom stereocenters. The molecule has 5 nitrogen and oxygen atoms in total. The summed E-state index contributed by atoms with van der Waals surface area (Å²) in [5.74, 6) is 0. The largest absolute Gasteiger partial charge is 0.381 e. The molecule has 0 fully saturated rings. The average Bonchev–Trinajstić information content (AvgIpc) is 2.29. The Balaban J connectivity index is 2.11. The predicted molar refractivity (Wildman–Crippen MR) is 61.5 cm³/mol. The van der Waals surface area contributed by atoms with Gasteiger partial charge in [-0.2, -0.15) is 0 Å². The van der Waals surface area contributed by atoms with E-state index in [0.717, 1.165) is 5.69 Å². The molecule has 0 spiro atoms. The van der Waals surface area contributed by atoms with E-state index in [4.69, 9.17) is 0 Å². The van der Waals surface area contributed by atoms with Gasteiger partial charge in [-0.15, -0.1) is 0 Å². The van der Waals surface area contributed by atoms with E-state index in [9.17, 15) is 9.59 Å². The fraction of sp³-hybridized carbons (Fsp3) is 0.0909. The summed E-state index contributed by atoms with van der Waals surface area (Å²) in [4.78, 5) is 26.7. The van der Waals surface area contributed by atoms with Crippen molar-refractivity contribution in [3.05, 3.63) is 62.9 Å². The molecule has 1 aromatic heterocycles. The van der Waals surface area contributed by atoms with Crippen LogP contribution in [0, 0.1) is 0 Å². The van der Waals surface area contributed by atoms with Gasteiger partial charge in [0.05, 0.1) is 5.56 Å². The van der Waals surface area contributed by atoms with Crippen LogP contribution in [0.15, 0.2) is 46.1 Å². The number of aromatic nitrogens is 2. The van der Waals surface area contributed by atoms with Crippen molar-refractivity contribution in [2.75, 3.05) is 5.32 Å². The van der Waals surface area contributed by atoms with Crippen LogP contribution >= 0.6 is 0 Å². The topological polar surface area (TPSA) is 77.8 Å². The number of benzene rings is 1. The van der Waals surface area contributed by atoms with E-state index in [-0.39, 0.29) is 5.56 Å². The Morgan fingerprint density at radius 1 is 1.12 bits per heavy atom. The third kappa shape index (κ3) is 2.38. The van der Waals surface area contributed by atoms with Gasteiger partial charge in [0.15, 0.2) is 0 Å². The molecule has 0 bridgehead atoms. The molecule has 0 radical (unpaired) electrons. The molecule has 2 aromatic rings. The molecule has 1 heterocycles. The van der Waals surface area contributed by atoms with Gasteiger partial charge >= 0.3 is 5.69 Å². The minimum Gasteiger partial charge on any atom is -0.381 e. The molecule has 0 aliphatic rings. The molecule has 0 atom stereocenters. The minimum atomic E-state index is -0.492. The lowest BCUT2D eigenvalue weighted by Crippen LogP contribution is -2.25. The highest BCUT2D eigenvalue weighted by Crippen LogP contribution is 2.05. The highest BCUT2D eigenvalue weighted by atomic mass is 16.2. The monoisotopic (exact) mass is 217 g/mol. The Kier molecular flexibility index (Phi) is 2.86. The summed E-state index contributed by atoms with van der Waals surface area (Å²) in [5, 5.41) is 3.08. The number of H-pyrrole nitrogens is 2. The molecule has 0 amide bonds. The lowest BCUT2D eigenvalue weighted by atomic mass is 10.3. The fourth-order valence-electron chi connectivity index (χ4n) is 1.32. The van der Waals surface area contributed by atoms with E-state index in [1.54, 1.807) is 0 Å². The summed E-state index contributed by atoms with van der Waals surface area (Å²) in [6, 6.07) is 9.52. The van der Waals surface area contributed by atoms with Crippen molar-refractivity contribution in [3.63, 3.8) is 0 Å². The molecule has 2 rings (SSSR count). The van der Waals surface area contributed by atoms with Crippen molar-refractivity contribution in [1.82, 2.24) is 9.97 Å². The third-order valence-corrected chi connectivity index (χ3v) is 2.15. The highest BCUT2D eigenvalue weighted by Gasteiger charge is 1.99. The number of para-hydroxylation sites is 1. The molecule has 1 aromatic carbocycles. The smallest absolute Gasteiger partial charge is 0.325 e. The van der Waals surface area contributed by atoms with E-state index < -0.39 is 5.69 Å². The number of rotatable bonds is 3. The molecule has 5 heteroatoms. The zero-order chi connectivity index (χ0) is 11.4. The van der Waals surface area contributed by atoms with Crippen LogP contribution in [0.4, 0.5) is 5.69 Å². The van der Waals surface area contributed by atoms with Crippen LogP contribution in [0.3, 0.4) is 0 Å². The van der Waals surface area contributed by atoms with Gasteiger partial charge in [0.1, 0.15) is 0 Å². The molecule has 82 valence electrons. The van der Waals surface area contributed by atoms with Gasteiger partial charge < -0.3 is 10.3 Å². The maximum Gasteiger partial charge on any atom is 0.325 e. The molecule has 0 saturated heterocycles. The van der Waals surface area contributed by atoms with Crippen molar-refractivity contribution in [2.24, 2.45) is 0 Å². The van der Waals surface area contributed by atoms with Crippen LogP contribution in [0.25, 0.3) is 0 Å². The quantitative estimate of drug-likeness (QED) is 0.707. The number of hydrogen-bond acceptors (Lipinski definition) is 3. The van der Waals surface area contributed by atoms with Crippen LogP contribution in [-0.4, -0.2) is 9.97 Å². The zero-order valence-corrected chi connectivity index (χ0v) is 8.49. The number of anilines is 1. The van der Waals surface area contributed by atoms with Crippen molar-refractivity contribution in [3.8, 4) is 0 Å². The van der Waals surface area contributed by atoms with E-state index in [2.05, 4.69) is 15.3 Å². The van der Waals surface area contributed by atoms with Crippen LogP contribution < -0.4 is 16.6 Å². The third-order valence-electron chi connectivity index (χ3n) is 2.15. The van der Waals surface area contributed by atoms with Gasteiger partial charge in [-0.1, -0.05) is 18.2 Å². The van der Waals surface area contributed by atoms with Crippen molar-refractivity contribution in [2.45, 2.75) is 6.54 Å². The maximum atomic E-state index is 11.3. The Labute approximate surface area is 91.2 Å². The van der Waals surface area contributed by atoms with Crippen LogP contribution in [0.1, 0.15) is 5.56 Å². The second kappa shape index (κ2) is 4.48. The normalized spacial score (nSPS) is 10.0. The number of hydrogen-bond donors (Lipinski definition) is 3. The predicted octanol–water partition coefficient (Wildman–Crippen LogP) is 0.675. The number of nitrogens with one attached hydrogen (secondary N) is 3. The highest BCUT2D eigenvalue weighted by molar-refractivity contribution is 5.42. The molecular weight excluding hydrogens is 206 g/mol. The molecule has 0 saturated carbocycles. The maximum absolute atomic E-state index is 11.3. The first-order chi connectivity index (χ1) is 7.75. The number of aromatic amines is 2. The SMILES string of the molecule is O=c1[nH]cc(CNc2ccccc2)c(=O)[nH]1. The summed E-state index contributed by atoms with van der Waals surface area (Å²) in [6.45, 7) is 0.371. The average molecular weight is 217 g/mol. The lowest BCUT2D eigenvalue weighted by molar-refractivity contribution is 0.965. The van der Waals surface area contributed by atoms with E-state index in [1.165, 1.54) is 6.20 Å². The first kappa shape index (κ1) is 10.2. The summed E-state index contributed by atoms with van der Waals surface area (Å²) >= 11 is 0. The molecule has 0 aliphatic heterocycles. The minimum absolute atomic E-state index is 0.368. The van der Waals surface area contributed by atoms with Gasteiger partial charge in [-0.3, -0.25) is 9.78 Å². The molecule has 16 heavy (non-hydrogen) atoms. The van der Waals surface area contributed by atoms with Crippen molar-refractivity contribution >= 4 is 5.69 Å². The Bertz CT molecular complexity index is 572. The van der Waals surface area contributed by atoms with Gasteiger partial charge in [0.2, 0.25) is 0 Å². The van der Waals surface area contributed by atoms with Gasteiger partial charge in [0, 0.05) is 18.4 Å². The van der Waals surface area contributed by atoms with Crippen LogP contribution in [0.2, 0.25) is 0 Å². The lowest BCUT2D eigenvalue weighted by Gasteiger charge is -2.04. The molecule has 3 N–H and O–H groups in total. The van der Waals surface area contributed by atoms with Gasteiger partial charge in [-0.25, -0.2) is 4.79 Å². The molecule has 0 aliphatic carbocycles. The van der Waals surface area contributed by atoms with E-state index in [1.807, 2.05) is 30.3 Å².